The van der Waals surface area contributed by atoms with Crippen LogP contribution in [0.3, 0.4) is 0 Å². The van der Waals surface area contributed by atoms with Gasteiger partial charge in [0, 0.05) is 32.8 Å². The molecule has 3 nitrogen and oxygen atoms in total. The minimum Gasteiger partial charge on any atom is -0.383 e. The van der Waals surface area contributed by atoms with Gasteiger partial charge in [0.25, 0.3) is 0 Å². The largest absolute Gasteiger partial charge is 0.383 e. The summed E-state index contributed by atoms with van der Waals surface area (Å²) in [6.07, 6.45) is 1.17. The number of rotatable bonds is 6. The van der Waals surface area contributed by atoms with E-state index in [2.05, 4.69) is 48.3 Å². The molecular formula is C17H28N2O. The monoisotopic (exact) mass is 276 g/mol. The minimum absolute atomic E-state index is 0.513. The van der Waals surface area contributed by atoms with Gasteiger partial charge in [0.2, 0.25) is 0 Å². The molecule has 1 atom stereocenters. The number of methoxy groups -OCH3 is 1. The first-order valence-electron chi connectivity index (χ1n) is 7.74. The molecule has 1 aromatic rings. The predicted octanol–water partition coefficient (Wildman–Crippen LogP) is 2.83. The Bertz CT molecular complexity index is 406. The Hall–Kier alpha value is -0.900. The van der Waals surface area contributed by atoms with Crippen molar-refractivity contribution in [2.24, 2.45) is 5.92 Å². The lowest BCUT2D eigenvalue weighted by atomic mass is 9.97. The van der Waals surface area contributed by atoms with Crippen molar-refractivity contribution >= 4 is 0 Å². The Morgan fingerprint density at radius 2 is 2.15 bits per heavy atom. The third-order valence-electron chi connectivity index (χ3n) is 3.95. The lowest BCUT2D eigenvalue weighted by Crippen LogP contribution is -2.35. The summed E-state index contributed by atoms with van der Waals surface area (Å²) in [5.41, 5.74) is 2.94. The average Bonchev–Trinajstić information content (AvgIpc) is 2.65. The highest BCUT2D eigenvalue weighted by Gasteiger charge is 2.24. The summed E-state index contributed by atoms with van der Waals surface area (Å²) in [7, 11) is 1.79. The molecule has 0 fully saturated rings. The van der Waals surface area contributed by atoms with E-state index in [0.29, 0.717) is 12.0 Å². The van der Waals surface area contributed by atoms with Crippen LogP contribution in [-0.4, -0.2) is 38.3 Å². The van der Waals surface area contributed by atoms with Gasteiger partial charge in [-0.2, -0.15) is 0 Å². The van der Waals surface area contributed by atoms with Crippen molar-refractivity contribution in [1.29, 1.82) is 0 Å². The SMILES string of the molecule is COCCN(CC(C)C)C1CCNCc2ccccc21. The number of nitrogens with one attached hydrogen (secondary N) is 1. The first kappa shape index (κ1) is 15.5. The molecule has 0 radical (unpaired) electrons. The van der Waals surface area contributed by atoms with E-state index in [1.165, 1.54) is 17.5 Å². The summed E-state index contributed by atoms with van der Waals surface area (Å²) in [4.78, 5) is 2.60. The van der Waals surface area contributed by atoms with E-state index in [1.807, 2.05) is 0 Å². The summed E-state index contributed by atoms with van der Waals surface area (Å²) >= 11 is 0. The van der Waals surface area contributed by atoms with Crippen molar-refractivity contribution < 1.29 is 4.74 Å². The Morgan fingerprint density at radius 3 is 2.90 bits per heavy atom. The van der Waals surface area contributed by atoms with Gasteiger partial charge in [-0.1, -0.05) is 38.1 Å². The summed E-state index contributed by atoms with van der Waals surface area (Å²) in [6.45, 7) is 9.60. The molecule has 2 rings (SSSR count). The van der Waals surface area contributed by atoms with Gasteiger partial charge >= 0.3 is 0 Å². The van der Waals surface area contributed by atoms with Crippen molar-refractivity contribution in [1.82, 2.24) is 10.2 Å². The molecule has 0 spiro atoms. The van der Waals surface area contributed by atoms with E-state index < -0.39 is 0 Å². The second kappa shape index (κ2) is 7.77. The smallest absolute Gasteiger partial charge is 0.0589 e. The maximum absolute atomic E-state index is 5.31. The fourth-order valence-electron chi connectivity index (χ4n) is 3.07. The molecule has 1 aliphatic heterocycles. The van der Waals surface area contributed by atoms with Crippen molar-refractivity contribution in [3.63, 3.8) is 0 Å². The average molecular weight is 276 g/mol. The summed E-state index contributed by atoms with van der Waals surface area (Å²) in [6, 6.07) is 9.38. The molecule has 0 bridgehead atoms. The van der Waals surface area contributed by atoms with Gasteiger partial charge in [-0.25, -0.2) is 0 Å². The second-order valence-corrected chi connectivity index (χ2v) is 6.06. The zero-order valence-corrected chi connectivity index (χ0v) is 13.1. The van der Waals surface area contributed by atoms with Crippen molar-refractivity contribution in [2.75, 3.05) is 33.4 Å². The molecule has 0 saturated heterocycles. The van der Waals surface area contributed by atoms with E-state index in [0.717, 1.165) is 32.8 Å². The summed E-state index contributed by atoms with van der Waals surface area (Å²) < 4.78 is 5.31. The quantitative estimate of drug-likeness (QED) is 0.864. The molecule has 0 aliphatic carbocycles. The number of nitrogens with zero attached hydrogens (tertiary/aromatic N) is 1. The van der Waals surface area contributed by atoms with Gasteiger partial charge in [0.05, 0.1) is 6.61 Å². The molecule has 1 unspecified atom stereocenters. The Kier molecular flexibility index (Phi) is 6.02. The molecule has 1 N–H and O–H groups in total. The van der Waals surface area contributed by atoms with Crippen molar-refractivity contribution in [3.8, 4) is 0 Å². The minimum atomic E-state index is 0.513. The molecular weight excluding hydrogens is 248 g/mol. The molecule has 112 valence electrons. The zero-order valence-electron chi connectivity index (χ0n) is 13.1. The van der Waals surface area contributed by atoms with Crippen molar-refractivity contribution in [3.05, 3.63) is 35.4 Å². The van der Waals surface area contributed by atoms with Gasteiger partial charge in [-0.15, -0.1) is 0 Å². The van der Waals surface area contributed by atoms with E-state index in [1.54, 1.807) is 7.11 Å². The van der Waals surface area contributed by atoms with E-state index in [-0.39, 0.29) is 0 Å². The zero-order chi connectivity index (χ0) is 14.4. The van der Waals surface area contributed by atoms with Crippen LogP contribution in [0, 0.1) is 5.92 Å². The van der Waals surface area contributed by atoms with Gasteiger partial charge in [-0.05, 0) is 30.0 Å². The van der Waals surface area contributed by atoms with Crippen LogP contribution in [0.4, 0.5) is 0 Å². The van der Waals surface area contributed by atoms with Crippen LogP contribution in [0.15, 0.2) is 24.3 Å². The van der Waals surface area contributed by atoms with Crippen LogP contribution in [0.5, 0.6) is 0 Å². The topological polar surface area (TPSA) is 24.5 Å². The maximum Gasteiger partial charge on any atom is 0.0589 e. The second-order valence-electron chi connectivity index (χ2n) is 6.06. The van der Waals surface area contributed by atoms with Crippen LogP contribution in [0.2, 0.25) is 0 Å². The van der Waals surface area contributed by atoms with Gasteiger partial charge in [0.15, 0.2) is 0 Å². The molecule has 1 aromatic carbocycles. The lowest BCUT2D eigenvalue weighted by Gasteiger charge is -2.33. The first-order chi connectivity index (χ1) is 9.72. The first-order valence-corrected chi connectivity index (χ1v) is 7.74. The van der Waals surface area contributed by atoms with Crippen LogP contribution >= 0.6 is 0 Å². The maximum atomic E-state index is 5.31. The van der Waals surface area contributed by atoms with Crippen LogP contribution in [0.1, 0.15) is 37.4 Å². The number of hydrogen-bond donors (Lipinski definition) is 1. The van der Waals surface area contributed by atoms with E-state index in [9.17, 15) is 0 Å². The van der Waals surface area contributed by atoms with E-state index in [4.69, 9.17) is 4.74 Å². The van der Waals surface area contributed by atoms with E-state index >= 15 is 0 Å². The highest BCUT2D eigenvalue weighted by atomic mass is 16.5. The molecule has 3 heteroatoms. The van der Waals surface area contributed by atoms with Crippen molar-refractivity contribution in [2.45, 2.75) is 32.9 Å². The van der Waals surface area contributed by atoms with Gasteiger partial charge in [-0.3, -0.25) is 4.90 Å². The summed E-state index contributed by atoms with van der Waals surface area (Å²) in [5, 5.41) is 3.54. The molecule has 1 aliphatic rings. The highest BCUT2D eigenvalue weighted by molar-refractivity contribution is 5.31. The van der Waals surface area contributed by atoms with Gasteiger partial charge in [0.1, 0.15) is 0 Å². The number of ether oxygens (including phenoxy) is 1. The molecule has 1 heterocycles. The van der Waals surface area contributed by atoms with Crippen LogP contribution < -0.4 is 5.32 Å². The Balaban J connectivity index is 2.21. The molecule has 0 aromatic heterocycles. The third kappa shape index (κ3) is 4.05. The fourth-order valence-corrected chi connectivity index (χ4v) is 3.07. The molecule has 20 heavy (non-hydrogen) atoms. The number of benzene rings is 1. The third-order valence-corrected chi connectivity index (χ3v) is 3.95. The van der Waals surface area contributed by atoms with Gasteiger partial charge < -0.3 is 10.1 Å². The van der Waals surface area contributed by atoms with Crippen LogP contribution in [-0.2, 0) is 11.3 Å². The fraction of sp³-hybridized carbons (Fsp3) is 0.647. The molecule has 0 amide bonds. The van der Waals surface area contributed by atoms with Crippen LogP contribution in [0.25, 0.3) is 0 Å². The standard InChI is InChI=1S/C17H28N2O/c1-14(2)13-19(10-11-20-3)17-8-9-18-12-15-6-4-5-7-16(15)17/h4-7,14,17-18H,8-13H2,1-3H3. The predicted molar refractivity (Wildman–Crippen MR) is 83.8 cm³/mol. The number of hydrogen-bond acceptors (Lipinski definition) is 3. The summed E-state index contributed by atoms with van der Waals surface area (Å²) in [5.74, 6) is 0.676. The Labute approximate surface area is 123 Å². The number of fused-ring (bicyclic) bond motifs is 1. The Morgan fingerprint density at radius 1 is 1.35 bits per heavy atom. The lowest BCUT2D eigenvalue weighted by molar-refractivity contribution is 0.106. The normalized spacial score (nSPS) is 19.1. The highest BCUT2D eigenvalue weighted by Crippen LogP contribution is 2.29. The molecule has 0 saturated carbocycles.